The summed E-state index contributed by atoms with van der Waals surface area (Å²) in [5.41, 5.74) is 2.39. The van der Waals surface area contributed by atoms with Crippen LogP contribution >= 0.6 is 0 Å². The molecular formula is C14H15NO2. The van der Waals surface area contributed by atoms with Gasteiger partial charge in [-0.1, -0.05) is 6.07 Å². The van der Waals surface area contributed by atoms with E-state index in [-0.39, 0.29) is 11.5 Å². The molecule has 1 aromatic heterocycles. The largest absolute Gasteiger partial charge is 0.326 e. The standard InChI is InChI=1S/C14H15NO2/c16-11-5-3-8-9-2-1-7(13(8)11)10-4-6-12(17)15-14(9)10/h4,6-9,13H,1-3,5H2,(H,15,17). The Hall–Kier alpha value is -1.38. The molecule has 2 saturated carbocycles. The zero-order valence-corrected chi connectivity index (χ0v) is 9.61. The summed E-state index contributed by atoms with van der Waals surface area (Å²) in [7, 11) is 0. The lowest BCUT2D eigenvalue weighted by molar-refractivity contribution is -0.123. The Morgan fingerprint density at radius 1 is 1.06 bits per heavy atom. The Morgan fingerprint density at radius 3 is 2.76 bits per heavy atom. The highest BCUT2D eigenvalue weighted by molar-refractivity contribution is 5.85. The summed E-state index contributed by atoms with van der Waals surface area (Å²) in [4.78, 5) is 26.5. The van der Waals surface area contributed by atoms with Gasteiger partial charge in [-0.2, -0.15) is 0 Å². The summed E-state index contributed by atoms with van der Waals surface area (Å²) in [5.74, 6) is 2.03. The van der Waals surface area contributed by atoms with Crippen molar-refractivity contribution in [2.24, 2.45) is 11.8 Å². The number of hydrogen-bond acceptors (Lipinski definition) is 2. The van der Waals surface area contributed by atoms with Gasteiger partial charge in [0.05, 0.1) is 0 Å². The number of aromatic amines is 1. The van der Waals surface area contributed by atoms with Crippen LogP contribution in [0.3, 0.4) is 0 Å². The van der Waals surface area contributed by atoms with Crippen LogP contribution < -0.4 is 5.56 Å². The number of Topliss-reactive ketones (excluding diaryl/α,β-unsaturated/α-hetero) is 1. The highest BCUT2D eigenvalue weighted by atomic mass is 16.1. The number of ketones is 1. The van der Waals surface area contributed by atoms with Gasteiger partial charge < -0.3 is 4.98 Å². The van der Waals surface area contributed by atoms with Gasteiger partial charge in [0.25, 0.3) is 0 Å². The van der Waals surface area contributed by atoms with E-state index in [9.17, 15) is 9.59 Å². The second-order valence-corrected chi connectivity index (χ2v) is 5.68. The molecule has 4 aliphatic carbocycles. The molecule has 1 heterocycles. The highest BCUT2D eigenvalue weighted by Gasteiger charge is 2.52. The quantitative estimate of drug-likeness (QED) is 0.739. The van der Waals surface area contributed by atoms with Crippen molar-refractivity contribution in [1.82, 2.24) is 4.98 Å². The van der Waals surface area contributed by atoms with Gasteiger partial charge in [-0.3, -0.25) is 9.59 Å². The third-order valence-corrected chi connectivity index (χ3v) is 5.05. The number of H-pyrrole nitrogens is 1. The van der Waals surface area contributed by atoms with Crippen LogP contribution in [0.15, 0.2) is 16.9 Å². The van der Waals surface area contributed by atoms with E-state index in [1.165, 1.54) is 5.56 Å². The van der Waals surface area contributed by atoms with Crippen molar-refractivity contribution in [3.05, 3.63) is 33.7 Å². The Kier molecular flexibility index (Phi) is 1.75. The molecule has 0 aliphatic heterocycles. The van der Waals surface area contributed by atoms with Crippen LogP contribution in [0.4, 0.5) is 0 Å². The first-order valence-electron chi connectivity index (χ1n) is 6.51. The van der Waals surface area contributed by atoms with E-state index in [0.29, 0.717) is 23.5 Å². The van der Waals surface area contributed by atoms with Gasteiger partial charge in [-0.15, -0.1) is 0 Å². The SMILES string of the molecule is O=C1CCC2C3CCC(c4ccc(=O)[nH]c43)C12. The molecule has 0 aromatic carbocycles. The number of pyridine rings is 1. The second kappa shape index (κ2) is 3.09. The van der Waals surface area contributed by atoms with E-state index in [2.05, 4.69) is 4.98 Å². The van der Waals surface area contributed by atoms with Gasteiger partial charge in [-0.25, -0.2) is 0 Å². The molecular weight excluding hydrogens is 214 g/mol. The maximum absolute atomic E-state index is 12.0. The second-order valence-electron chi connectivity index (χ2n) is 5.68. The molecule has 1 aromatic rings. The summed E-state index contributed by atoms with van der Waals surface area (Å²) < 4.78 is 0. The predicted molar refractivity (Wildman–Crippen MR) is 63.0 cm³/mol. The molecule has 88 valence electrons. The molecule has 3 heteroatoms. The Bertz CT molecular complexity index is 560. The number of aromatic nitrogens is 1. The van der Waals surface area contributed by atoms with Crippen molar-refractivity contribution in [3.63, 3.8) is 0 Å². The number of hydrogen-bond donors (Lipinski definition) is 1. The summed E-state index contributed by atoms with van der Waals surface area (Å²) in [5, 5.41) is 0. The summed E-state index contributed by atoms with van der Waals surface area (Å²) in [6.07, 6.45) is 4.05. The third kappa shape index (κ3) is 1.12. The van der Waals surface area contributed by atoms with Crippen LogP contribution in [0.1, 0.15) is 48.8 Å². The van der Waals surface area contributed by atoms with Crippen molar-refractivity contribution in [3.8, 4) is 0 Å². The van der Waals surface area contributed by atoms with Crippen LogP contribution in [0.5, 0.6) is 0 Å². The third-order valence-electron chi connectivity index (χ3n) is 5.05. The molecule has 5 rings (SSSR count). The lowest BCUT2D eigenvalue weighted by atomic mass is 9.59. The van der Waals surface area contributed by atoms with E-state index in [4.69, 9.17) is 0 Å². The van der Waals surface area contributed by atoms with E-state index < -0.39 is 0 Å². The minimum atomic E-state index is -0.00262. The van der Waals surface area contributed by atoms with Gasteiger partial charge >= 0.3 is 0 Å². The molecule has 4 aliphatic rings. The first kappa shape index (κ1) is 9.63. The minimum absolute atomic E-state index is 0.00262. The van der Waals surface area contributed by atoms with Gasteiger partial charge in [0.2, 0.25) is 5.56 Å². The van der Waals surface area contributed by atoms with Gasteiger partial charge in [-0.05, 0) is 36.7 Å². The topological polar surface area (TPSA) is 49.9 Å². The molecule has 0 spiro atoms. The molecule has 0 amide bonds. The predicted octanol–water partition coefficient (Wildman–Crippen LogP) is 1.94. The van der Waals surface area contributed by atoms with Crippen molar-refractivity contribution in [1.29, 1.82) is 0 Å². The average molecular weight is 229 g/mol. The van der Waals surface area contributed by atoms with Crippen LogP contribution in [-0.2, 0) is 4.79 Å². The average Bonchev–Trinajstić information content (AvgIpc) is 2.73. The van der Waals surface area contributed by atoms with Crippen molar-refractivity contribution >= 4 is 5.78 Å². The number of carbonyl (C=O) groups excluding carboxylic acids is 1. The smallest absolute Gasteiger partial charge is 0.248 e. The Labute approximate surface area is 99.2 Å². The molecule has 2 fully saturated rings. The van der Waals surface area contributed by atoms with Crippen molar-refractivity contribution in [2.75, 3.05) is 0 Å². The lowest BCUT2D eigenvalue weighted by Crippen LogP contribution is -2.39. The Balaban J connectivity index is 1.94. The van der Waals surface area contributed by atoms with Crippen LogP contribution in [0, 0.1) is 11.8 Å². The van der Waals surface area contributed by atoms with Gasteiger partial charge in [0.15, 0.2) is 0 Å². The first-order valence-corrected chi connectivity index (χ1v) is 6.51. The minimum Gasteiger partial charge on any atom is -0.326 e. The number of nitrogens with one attached hydrogen (secondary N) is 1. The molecule has 2 bridgehead atoms. The fraction of sp³-hybridized carbons (Fsp3) is 0.571. The number of carbonyl (C=O) groups is 1. The van der Waals surface area contributed by atoms with Crippen molar-refractivity contribution in [2.45, 2.75) is 37.5 Å². The zero-order chi connectivity index (χ0) is 11.6. The maximum Gasteiger partial charge on any atom is 0.248 e. The molecule has 17 heavy (non-hydrogen) atoms. The van der Waals surface area contributed by atoms with Crippen molar-refractivity contribution < 1.29 is 4.79 Å². The fourth-order valence-electron chi connectivity index (χ4n) is 4.46. The lowest BCUT2D eigenvalue weighted by Gasteiger charge is -2.45. The summed E-state index contributed by atoms with van der Waals surface area (Å²) >= 11 is 0. The molecule has 0 radical (unpaired) electrons. The zero-order valence-electron chi connectivity index (χ0n) is 9.61. The molecule has 3 nitrogen and oxygen atoms in total. The maximum atomic E-state index is 12.0. The van der Waals surface area contributed by atoms with E-state index in [1.54, 1.807) is 6.07 Å². The fourth-order valence-corrected chi connectivity index (χ4v) is 4.46. The van der Waals surface area contributed by atoms with E-state index >= 15 is 0 Å². The molecule has 4 atom stereocenters. The normalized spacial score (nSPS) is 38.0. The number of fused-ring (bicyclic) bond motifs is 1. The summed E-state index contributed by atoms with van der Waals surface area (Å²) in [6, 6.07) is 3.56. The van der Waals surface area contributed by atoms with Crippen LogP contribution in [0.25, 0.3) is 0 Å². The molecule has 1 N–H and O–H groups in total. The van der Waals surface area contributed by atoms with Gasteiger partial charge in [0.1, 0.15) is 5.78 Å². The monoisotopic (exact) mass is 229 g/mol. The van der Waals surface area contributed by atoms with Crippen LogP contribution in [-0.4, -0.2) is 10.8 Å². The van der Waals surface area contributed by atoms with Gasteiger partial charge in [0, 0.05) is 30.0 Å². The number of rotatable bonds is 0. The first-order chi connectivity index (χ1) is 8.25. The highest BCUT2D eigenvalue weighted by Crippen LogP contribution is 2.58. The molecule has 0 saturated heterocycles. The molecule has 4 unspecified atom stereocenters. The summed E-state index contributed by atoms with van der Waals surface area (Å²) in [6.45, 7) is 0. The van der Waals surface area contributed by atoms with E-state index in [1.807, 2.05) is 6.07 Å². The van der Waals surface area contributed by atoms with Crippen LogP contribution in [0.2, 0.25) is 0 Å². The Morgan fingerprint density at radius 2 is 1.88 bits per heavy atom. The van der Waals surface area contributed by atoms with E-state index in [0.717, 1.165) is 31.4 Å².